The first-order valence-corrected chi connectivity index (χ1v) is 6.73. The Morgan fingerprint density at radius 1 is 1.15 bits per heavy atom. The fraction of sp³-hybridized carbons (Fsp3) is 0.467. The first-order chi connectivity index (χ1) is 9.42. The third kappa shape index (κ3) is 5.40. The minimum Gasteiger partial charge on any atom is -0.396 e. The van der Waals surface area contributed by atoms with Gasteiger partial charge in [-0.1, -0.05) is 6.07 Å². The first kappa shape index (κ1) is 16.2. The number of rotatable bonds is 5. The number of hydrogen-bond acceptors (Lipinski definition) is 3. The van der Waals surface area contributed by atoms with Crippen LogP contribution in [0.15, 0.2) is 18.2 Å². The maximum atomic E-state index is 11.8. The lowest BCUT2D eigenvalue weighted by molar-refractivity contribution is -0.136. The fourth-order valence-electron chi connectivity index (χ4n) is 1.99. The van der Waals surface area contributed by atoms with Gasteiger partial charge >= 0.3 is 11.8 Å². The molecular formula is C15H22N2O3. The minimum absolute atomic E-state index is 0.0783. The maximum absolute atomic E-state index is 11.8. The van der Waals surface area contributed by atoms with Crippen LogP contribution in [0.5, 0.6) is 0 Å². The van der Waals surface area contributed by atoms with E-state index in [0.29, 0.717) is 18.5 Å². The lowest BCUT2D eigenvalue weighted by Gasteiger charge is -2.13. The van der Waals surface area contributed by atoms with Crippen molar-refractivity contribution in [2.24, 2.45) is 0 Å². The van der Waals surface area contributed by atoms with Crippen LogP contribution in [0.2, 0.25) is 0 Å². The Balaban J connectivity index is 2.55. The summed E-state index contributed by atoms with van der Waals surface area (Å²) < 4.78 is 0. The highest BCUT2D eigenvalue weighted by molar-refractivity contribution is 6.39. The summed E-state index contributed by atoms with van der Waals surface area (Å²) in [7, 11) is 0. The van der Waals surface area contributed by atoms with Crippen LogP contribution in [-0.4, -0.2) is 29.6 Å². The summed E-state index contributed by atoms with van der Waals surface area (Å²) >= 11 is 0. The maximum Gasteiger partial charge on any atom is 0.313 e. The minimum atomic E-state index is -0.675. The highest BCUT2D eigenvalue weighted by Crippen LogP contribution is 2.13. The molecule has 0 aliphatic rings. The summed E-state index contributed by atoms with van der Waals surface area (Å²) in [4.78, 5) is 23.5. The number of anilines is 1. The summed E-state index contributed by atoms with van der Waals surface area (Å²) in [5.41, 5.74) is 2.67. The molecule has 1 aromatic carbocycles. The Morgan fingerprint density at radius 2 is 1.75 bits per heavy atom. The number of benzene rings is 1. The smallest absolute Gasteiger partial charge is 0.313 e. The summed E-state index contributed by atoms with van der Waals surface area (Å²) in [5.74, 6) is -1.33. The summed E-state index contributed by atoms with van der Waals surface area (Å²) in [6.45, 7) is 5.74. The average Bonchev–Trinajstić information content (AvgIpc) is 2.34. The zero-order valence-electron chi connectivity index (χ0n) is 12.2. The van der Waals surface area contributed by atoms with E-state index in [1.54, 1.807) is 6.92 Å². The van der Waals surface area contributed by atoms with Gasteiger partial charge in [0.2, 0.25) is 0 Å². The molecule has 0 aliphatic heterocycles. The summed E-state index contributed by atoms with van der Waals surface area (Å²) in [5, 5.41) is 13.9. The summed E-state index contributed by atoms with van der Waals surface area (Å²) in [6.07, 6.45) is 1.24. The monoisotopic (exact) mass is 278 g/mol. The number of aliphatic hydroxyl groups is 1. The molecule has 1 atom stereocenters. The van der Waals surface area contributed by atoms with Gasteiger partial charge in [0, 0.05) is 18.3 Å². The number of nitrogens with one attached hydrogen (secondary N) is 2. The molecule has 110 valence electrons. The van der Waals surface area contributed by atoms with E-state index in [0.717, 1.165) is 11.1 Å². The van der Waals surface area contributed by atoms with Gasteiger partial charge in [-0.15, -0.1) is 0 Å². The molecule has 0 bridgehead atoms. The molecule has 0 spiro atoms. The van der Waals surface area contributed by atoms with Gasteiger partial charge in [0.15, 0.2) is 0 Å². The van der Waals surface area contributed by atoms with Gasteiger partial charge in [-0.25, -0.2) is 0 Å². The molecule has 0 aliphatic carbocycles. The Bertz CT molecular complexity index is 466. The highest BCUT2D eigenvalue weighted by atomic mass is 16.3. The van der Waals surface area contributed by atoms with Crippen LogP contribution in [0.4, 0.5) is 5.69 Å². The molecule has 0 radical (unpaired) electrons. The van der Waals surface area contributed by atoms with Crippen LogP contribution in [0.3, 0.4) is 0 Å². The molecule has 0 saturated carbocycles. The SMILES string of the molecule is Cc1cc(C)cc(NC(=O)C(=O)NC(C)CCCO)c1. The normalized spacial score (nSPS) is 11.8. The van der Waals surface area contributed by atoms with Gasteiger partial charge in [-0.05, 0) is 56.9 Å². The van der Waals surface area contributed by atoms with E-state index in [1.165, 1.54) is 0 Å². The molecule has 0 fully saturated rings. The largest absolute Gasteiger partial charge is 0.396 e. The van der Waals surface area contributed by atoms with Crippen molar-refractivity contribution in [3.05, 3.63) is 29.3 Å². The van der Waals surface area contributed by atoms with Crippen molar-refractivity contribution in [3.8, 4) is 0 Å². The Hall–Kier alpha value is -1.88. The molecule has 0 heterocycles. The second-order valence-electron chi connectivity index (χ2n) is 5.07. The molecular weight excluding hydrogens is 256 g/mol. The van der Waals surface area contributed by atoms with Gasteiger partial charge in [-0.2, -0.15) is 0 Å². The van der Waals surface area contributed by atoms with Crippen LogP contribution in [0.25, 0.3) is 0 Å². The number of hydrogen-bond donors (Lipinski definition) is 3. The van der Waals surface area contributed by atoms with Crippen LogP contribution in [0, 0.1) is 13.8 Å². The van der Waals surface area contributed by atoms with Gasteiger partial charge < -0.3 is 15.7 Å². The van der Waals surface area contributed by atoms with E-state index in [4.69, 9.17) is 5.11 Å². The van der Waals surface area contributed by atoms with Crippen molar-refractivity contribution in [2.45, 2.75) is 39.7 Å². The van der Waals surface area contributed by atoms with E-state index < -0.39 is 11.8 Å². The van der Waals surface area contributed by atoms with Crippen LogP contribution < -0.4 is 10.6 Å². The number of aryl methyl sites for hydroxylation is 2. The molecule has 1 rings (SSSR count). The van der Waals surface area contributed by atoms with Crippen molar-refractivity contribution in [3.63, 3.8) is 0 Å². The topological polar surface area (TPSA) is 78.4 Å². The molecule has 1 aromatic rings. The second kappa shape index (κ2) is 7.65. The lowest BCUT2D eigenvalue weighted by Crippen LogP contribution is -2.40. The molecule has 5 heteroatoms. The standard InChI is InChI=1S/C15H22N2O3/c1-10-7-11(2)9-13(8-10)17-15(20)14(19)16-12(3)5-4-6-18/h7-9,12,18H,4-6H2,1-3H3,(H,16,19)(H,17,20). The van der Waals surface area contributed by atoms with Gasteiger partial charge in [0.05, 0.1) is 0 Å². The first-order valence-electron chi connectivity index (χ1n) is 6.73. The lowest BCUT2D eigenvalue weighted by atomic mass is 10.1. The van der Waals surface area contributed by atoms with Crippen LogP contribution in [-0.2, 0) is 9.59 Å². The molecule has 3 N–H and O–H groups in total. The predicted molar refractivity (Wildman–Crippen MR) is 78.5 cm³/mol. The fourth-order valence-corrected chi connectivity index (χ4v) is 1.99. The van der Waals surface area contributed by atoms with Gasteiger partial charge in [-0.3, -0.25) is 9.59 Å². The van der Waals surface area contributed by atoms with Crippen LogP contribution in [0.1, 0.15) is 30.9 Å². The zero-order chi connectivity index (χ0) is 15.1. The average molecular weight is 278 g/mol. The zero-order valence-corrected chi connectivity index (χ0v) is 12.2. The van der Waals surface area contributed by atoms with E-state index in [9.17, 15) is 9.59 Å². The van der Waals surface area contributed by atoms with Crippen molar-refractivity contribution >= 4 is 17.5 Å². The molecule has 20 heavy (non-hydrogen) atoms. The quantitative estimate of drug-likeness (QED) is 0.715. The van der Waals surface area contributed by atoms with E-state index >= 15 is 0 Å². The molecule has 5 nitrogen and oxygen atoms in total. The van der Waals surface area contributed by atoms with Gasteiger partial charge in [0.25, 0.3) is 0 Å². The Labute approximate surface area is 119 Å². The molecule has 2 amide bonds. The third-order valence-corrected chi connectivity index (χ3v) is 2.86. The van der Waals surface area contributed by atoms with E-state index in [-0.39, 0.29) is 12.6 Å². The van der Waals surface area contributed by atoms with Gasteiger partial charge in [0.1, 0.15) is 0 Å². The Kier molecular flexibility index (Phi) is 6.18. The number of carbonyl (C=O) groups excluding carboxylic acids is 2. The van der Waals surface area contributed by atoms with Crippen molar-refractivity contribution in [1.29, 1.82) is 0 Å². The Morgan fingerprint density at radius 3 is 2.30 bits per heavy atom. The van der Waals surface area contributed by atoms with Crippen molar-refractivity contribution in [2.75, 3.05) is 11.9 Å². The van der Waals surface area contributed by atoms with Crippen molar-refractivity contribution in [1.82, 2.24) is 5.32 Å². The van der Waals surface area contributed by atoms with Crippen LogP contribution >= 0.6 is 0 Å². The summed E-state index contributed by atoms with van der Waals surface area (Å²) in [6, 6.07) is 5.48. The predicted octanol–water partition coefficient (Wildman–Crippen LogP) is 1.52. The highest BCUT2D eigenvalue weighted by Gasteiger charge is 2.16. The number of carbonyl (C=O) groups is 2. The van der Waals surface area contributed by atoms with E-state index in [1.807, 2.05) is 32.0 Å². The number of aliphatic hydroxyl groups excluding tert-OH is 1. The van der Waals surface area contributed by atoms with E-state index in [2.05, 4.69) is 10.6 Å². The second-order valence-corrected chi connectivity index (χ2v) is 5.07. The van der Waals surface area contributed by atoms with Crippen molar-refractivity contribution < 1.29 is 14.7 Å². The molecule has 0 aromatic heterocycles. The molecule has 0 saturated heterocycles. The third-order valence-electron chi connectivity index (χ3n) is 2.86. The molecule has 1 unspecified atom stereocenters. The number of amides is 2.